The van der Waals surface area contributed by atoms with Gasteiger partial charge in [-0.25, -0.2) is 4.98 Å². The van der Waals surface area contributed by atoms with E-state index in [4.69, 9.17) is 4.18 Å². The van der Waals surface area contributed by atoms with Gasteiger partial charge in [-0.05, 0) is 36.4 Å². The van der Waals surface area contributed by atoms with Crippen LogP contribution in [0.2, 0.25) is 0 Å². The van der Waals surface area contributed by atoms with Crippen LogP contribution in [0.3, 0.4) is 0 Å². The third kappa shape index (κ3) is 4.50. The molecule has 1 aromatic carbocycles. The zero-order valence-electron chi connectivity index (χ0n) is 16.2. The van der Waals surface area contributed by atoms with Crippen LogP contribution < -0.4 is 0 Å². The minimum atomic E-state index is -3.53. The zero-order chi connectivity index (χ0) is 20.4. The monoisotopic (exact) mass is 430 g/mol. The molecular formula is C20H22N4O3S2. The van der Waals surface area contributed by atoms with Gasteiger partial charge in [0, 0.05) is 23.7 Å². The number of hydrogen-bond acceptors (Lipinski definition) is 7. The molecule has 2 heterocycles. The van der Waals surface area contributed by atoms with E-state index >= 15 is 0 Å². The van der Waals surface area contributed by atoms with Crippen LogP contribution in [0.4, 0.5) is 0 Å². The Kier molecular flexibility index (Phi) is 5.67. The summed E-state index contributed by atoms with van der Waals surface area (Å²) in [7, 11) is -3.53. The lowest BCUT2D eigenvalue weighted by molar-refractivity contribution is 0.311. The highest BCUT2D eigenvalue weighted by Crippen LogP contribution is 2.34. The van der Waals surface area contributed by atoms with Gasteiger partial charge < -0.3 is 4.57 Å². The number of nitriles is 1. The number of para-hydroxylation sites is 1. The second-order valence-corrected chi connectivity index (χ2v) is 9.97. The molecule has 3 aromatic rings. The van der Waals surface area contributed by atoms with Crippen molar-refractivity contribution in [1.82, 2.24) is 13.9 Å². The van der Waals surface area contributed by atoms with Crippen molar-refractivity contribution in [2.24, 2.45) is 5.92 Å². The fourth-order valence-corrected chi connectivity index (χ4v) is 4.97. The maximum absolute atomic E-state index is 11.2. The number of hydrogen-bond donors (Lipinski definition) is 0. The zero-order valence-corrected chi connectivity index (χ0v) is 17.8. The van der Waals surface area contributed by atoms with Gasteiger partial charge in [-0.2, -0.15) is 18.1 Å². The molecule has 1 fully saturated rings. The first-order valence-electron chi connectivity index (χ1n) is 9.64. The number of benzene rings is 1. The summed E-state index contributed by atoms with van der Waals surface area (Å²) >= 11 is 1.12. The molecule has 9 heteroatoms. The van der Waals surface area contributed by atoms with E-state index in [0.29, 0.717) is 22.3 Å². The lowest BCUT2D eigenvalue weighted by Crippen LogP contribution is -2.13. The van der Waals surface area contributed by atoms with E-state index in [0.717, 1.165) is 40.8 Å². The minimum absolute atomic E-state index is 0.124. The van der Waals surface area contributed by atoms with Crippen molar-refractivity contribution in [3.8, 4) is 17.5 Å². The highest BCUT2D eigenvalue weighted by atomic mass is 32.2. The molecule has 0 spiro atoms. The van der Waals surface area contributed by atoms with Gasteiger partial charge in [-0.15, -0.1) is 0 Å². The molecule has 1 saturated carbocycles. The van der Waals surface area contributed by atoms with E-state index in [1.165, 1.54) is 32.1 Å². The molecule has 0 radical (unpaired) electrons. The van der Waals surface area contributed by atoms with Crippen LogP contribution in [0.25, 0.3) is 22.3 Å². The van der Waals surface area contributed by atoms with E-state index in [-0.39, 0.29) is 6.61 Å². The molecule has 2 aromatic heterocycles. The van der Waals surface area contributed by atoms with Crippen LogP contribution in [0.15, 0.2) is 24.4 Å². The Balaban J connectivity index is 1.71. The van der Waals surface area contributed by atoms with Crippen LogP contribution >= 0.6 is 11.5 Å². The number of aromatic nitrogens is 3. The molecule has 0 N–H and O–H groups in total. The molecule has 0 amide bonds. The molecule has 1 aliphatic rings. The van der Waals surface area contributed by atoms with Gasteiger partial charge in [0.1, 0.15) is 17.7 Å². The summed E-state index contributed by atoms with van der Waals surface area (Å²) in [5.74, 6) is 1.14. The smallest absolute Gasteiger partial charge is 0.264 e. The Labute approximate surface area is 174 Å². The number of nitrogens with zero attached hydrogens (tertiary/aromatic N) is 4. The van der Waals surface area contributed by atoms with Gasteiger partial charge >= 0.3 is 0 Å². The first-order valence-corrected chi connectivity index (χ1v) is 12.2. The second-order valence-electron chi connectivity index (χ2n) is 7.49. The van der Waals surface area contributed by atoms with E-state index < -0.39 is 10.1 Å². The van der Waals surface area contributed by atoms with Crippen molar-refractivity contribution in [1.29, 1.82) is 5.26 Å². The number of fused-ring (bicyclic) bond motifs is 1. The van der Waals surface area contributed by atoms with Crippen LogP contribution in [0.1, 0.15) is 42.7 Å². The summed E-state index contributed by atoms with van der Waals surface area (Å²) in [4.78, 5) is 4.47. The Bertz CT molecular complexity index is 1170. The Hall–Kier alpha value is -2.28. The lowest BCUT2D eigenvalue weighted by Gasteiger charge is -2.22. The fourth-order valence-electron chi connectivity index (χ4n) is 4.00. The summed E-state index contributed by atoms with van der Waals surface area (Å²) in [6, 6.07) is 8.00. The molecule has 29 heavy (non-hydrogen) atoms. The fraction of sp³-hybridized carbons (Fsp3) is 0.450. The molecule has 0 atom stereocenters. The van der Waals surface area contributed by atoms with E-state index in [1.807, 2.05) is 24.4 Å². The molecule has 1 aliphatic carbocycles. The van der Waals surface area contributed by atoms with Crippen molar-refractivity contribution >= 4 is 32.6 Å². The predicted octanol–water partition coefficient (Wildman–Crippen LogP) is 4.09. The molecular weight excluding hydrogens is 408 g/mol. The maximum Gasteiger partial charge on any atom is 0.264 e. The molecule has 0 unspecified atom stereocenters. The third-order valence-electron chi connectivity index (χ3n) is 5.30. The van der Waals surface area contributed by atoms with Crippen LogP contribution in [0.5, 0.6) is 0 Å². The summed E-state index contributed by atoms with van der Waals surface area (Å²) < 4.78 is 33.9. The quantitative estimate of drug-likeness (QED) is 0.546. The Morgan fingerprint density at radius 1 is 1.31 bits per heavy atom. The SMILES string of the molecule is CS(=O)(=O)OCc1nc(-c2cn(CC3CCCCC3)c3c(C#N)cccc23)ns1. The van der Waals surface area contributed by atoms with Crippen molar-refractivity contribution in [3.63, 3.8) is 0 Å². The summed E-state index contributed by atoms with van der Waals surface area (Å²) in [5, 5.41) is 11.1. The molecule has 7 nitrogen and oxygen atoms in total. The molecule has 4 rings (SSSR count). The van der Waals surface area contributed by atoms with Crippen LogP contribution in [0, 0.1) is 17.2 Å². The summed E-state index contributed by atoms with van der Waals surface area (Å²) in [6.45, 7) is 0.754. The van der Waals surface area contributed by atoms with Gasteiger partial charge in [-0.3, -0.25) is 4.18 Å². The van der Waals surface area contributed by atoms with Crippen LogP contribution in [-0.4, -0.2) is 28.6 Å². The standard InChI is InChI=1S/C20H22N4O3S2/c1-29(25,26)27-13-18-22-20(23-28-18)17-12-24(11-14-6-3-2-4-7-14)19-15(10-21)8-5-9-16(17)19/h5,8-9,12,14H,2-4,6-7,11,13H2,1H3. The van der Waals surface area contributed by atoms with Gasteiger partial charge in [0.15, 0.2) is 5.82 Å². The van der Waals surface area contributed by atoms with Gasteiger partial charge in [0.05, 0.1) is 17.3 Å². The van der Waals surface area contributed by atoms with Crippen molar-refractivity contribution in [3.05, 3.63) is 35.0 Å². The van der Waals surface area contributed by atoms with E-state index in [9.17, 15) is 13.7 Å². The van der Waals surface area contributed by atoms with Gasteiger partial charge in [-0.1, -0.05) is 31.4 Å². The van der Waals surface area contributed by atoms with Gasteiger partial charge in [0.25, 0.3) is 10.1 Å². The largest absolute Gasteiger partial charge is 0.345 e. The first kappa shape index (κ1) is 20.0. The Morgan fingerprint density at radius 2 is 2.10 bits per heavy atom. The highest BCUT2D eigenvalue weighted by molar-refractivity contribution is 7.85. The normalized spacial score (nSPS) is 15.6. The lowest BCUT2D eigenvalue weighted by atomic mass is 9.89. The summed E-state index contributed by atoms with van der Waals surface area (Å²) in [5.41, 5.74) is 2.41. The van der Waals surface area contributed by atoms with Crippen molar-refractivity contribution in [2.45, 2.75) is 45.3 Å². The predicted molar refractivity (Wildman–Crippen MR) is 112 cm³/mol. The maximum atomic E-state index is 11.2. The van der Waals surface area contributed by atoms with E-state index in [2.05, 4.69) is 20.0 Å². The topological polar surface area (TPSA) is 97.9 Å². The third-order valence-corrected chi connectivity index (χ3v) is 6.53. The molecule has 0 aliphatic heterocycles. The Morgan fingerprint density at radius 3 is 2.83 bits per heavy atom. The van der Waals surface area contributed by atoms with E-state index in [1.54, 1.807) is 0 Å². The second kappa shape index (κ2) is 8.22. The van der Waals surface area contributed by atoms with Crippen molar-refractivity contribution < 1.29 is 12.6 Å². The average molecular weight is 431 g/mol. The average Bonchev–Trinajstić information content (AvgIpc) is 3.31. The number of rotatable bonds is 6. The molecule has 152 valence electrons. The highest BCUT2D eigenvalue weighted by Gasteiger charge is 2.20. The molecule has 0 bridgehead atoms. The summed E-state index contributed by atoms with van der Waals surface area (Å²) in [6.07, 6.45) is 9.30. The van der Waals surface area contributed by atoms with Gasteiger partial charge in [0.2, 0.25) is 0 Å². The van der Waals surface area contributed by atoms with Crippen molar-refractivity contribution in [2.75, 3.05) is 6.26 Å². The first-order chi connectivity index (χ1) is 13.9. The van der Waals surface area contributed by atoms with Crippen LogP contribution in [-0.2, 0) is 27.5 Å². The minimum Gasteiger partial charge on any atom is -0.345 e. The molecule has 0 saturated heterocycles.